The second-order valence-corrected chi connectivity index (χ2v) is 5.15. The van der Waals surface area contributed by atoms with E-state index in [9.17, 15) is 4.79 Å². The topological polar surface area (TPSA) is 46.5 Å². The number of carbonyl (C=O) groups is 1. The number of ether oxygens (including phenoxy) is 1. The molecule has 0 fully saturated rings. The molecule has 0 saturated heterocycles. The predicted molar refractivity (Wildman–Crippen MR) is 74.1 cm³/mol. The maximum atomic E-state index is 10.5. The average molecular weight is 262 g/mol. The molecule has 2 aromatic carbocycles. The number of thioether (sulfide) groups is 1. The Balaban J connectivity index is 2.14. The van der Waals surface area contributed by atoms with Crippen LogP contribution in [0.3, 0.4) is 0 Å². The first-order valence-electron chi connectivity index (χ1n) is 5.64. The van der Waals surface area contributed by atoms with Crippen molar-refractivity contribution in [2.45, 2.75) is 12.4 Å². The van der Waals surface area contributed by atoms with Crippen molar-refractivity contribution in [3.63, 3.8) is 0 Å². The van der Waals surface area contributed by atoms with Gasteiger partial charge in [-0.3, -0.25) is 4.79 Å². The fraction of sp³-hybridized carbons (Fsp3) is 0.214. The van der Waals surface area contributed by atoms with Crippen molar-refractivity contribution in [2.75, 3.05) is 5.75 Å². The van der Waals surface area contributed by atoms with Crippen LogP contribution in [0.25, 0.3) is 10.8 Å². The number of carboxylic acids is 1. The van der Waals surface area contributed by atoms with Crippen LogP contribution in [0.15, 0.2) is 42.5 Å². The van der Waals surface area contributed by atoms with Crippen LogP contribution >= 0.6 is 11.8 Å². The number of hydrogen-bond acceptors (Lipinski definition) is 3. The summed E-state index contributed by atoms with van der Waals surface area (Å²) in [7, 11) is 0. The molecule has 2 rings (SSSR count). The molecule has 3 nitrogen and oxygen atoms in total. The van der Waals surface area contributed by atoms with Crippen molar-refractivity contribution in [2.24, 2.45) is 0 Å². The first kappa shape index (κ1) is 12.8. The van der Waals surface area contributed by atoms with E-state index in [1.165, 1.54) is 11.8 Å². The Morgan fingerprint density at radius 3 is 2.78 bits per heavy atom. The third-order valence-electron chi connectivity index (χ3n) is 2.48. The quantitative estimate of drug-likeness (QED) is 0.839. The van der Waals surface area contributed by atoms with Crippen molar-refractivity contribution in [3.8, 4) is 5.75 Å². The van der Waals surface area contributed by atoms with Crippen molar-refractivity contribution in [1.29, 1.82) is 0 Å². The molecule has 0 radical (unpaired) electrons. The van der Waals surface area contributed by atoms with Crippen LogP contribution in [-0.2, 0) is 4.79 Å². The zero-order chi connectivity index (χ0) is 13.0. The van der Waals surface area contributed by atoms with Gasteiger partial charge < -0.3 is 9.84 Å². The highest BCUT2D eigenvalue weighted by Gasteiger charge is 2.09. The van der Waals surface area contributed by atoms with Crippen molar-refractivity contribution < 1.29 is 14.6 Å². The highest BCUT2D eigenvalue weighted by molar-refractivity contribution is 8.00. The minimum atomic E-state index is -0.826. The summed E-state index contributed by atoms with van der Waals surface area (Å²) in [6, 6.07) is 13.8. The Morgan fingerprint density at radius 1 is 1.28 bits per heavy atom. The predicted octanol–water partition coefficient (Wildman–Crippen LogP) is 3.38. The van der Waals surface area contributed by atoms with Gasteiger partial charge in [0.2, 0.25) is 0 Å². The Morgan fingerprint density at radius 2 is 2.00 bits per heavy atom. The second kappa shape index (κ2) is 5.78. The van der Waals surface area contributed by atoms with E-state index in [2.05, 4.69) is 0 Å². The maximum Gasteiger partial charge on any atom is 0.313 e. The minimum Gasteiger partial charge on any atom is -0.481 e. The van der Waals surface area contributed by atoms with Gasteiger partial charge in [-0.05, 0) is 18.4 Å². The summed E-state index contributed by atoms with van der Waals surface area (Å²) < 4.78 is 5.78. The van der Waals surface area contributed by atoms with Gasteiger partial charge in [-0.15, -0.1) is 11.8 Å². The average Bonchev–Trinajstić information content (AvgIpc) is 2.37. The first-order chi connectivity index (χ1) is 8.66. The number of carboxylic acid groups (broad SMARTS) is 1. The molecule has 18 heavy (non-hydrogen) atoms. The molecule has 0 bridgehead atoms. The summed E-state index contributed by atoms with van der Waals surface area (Å²) >= 11 is 1.27. The summed E-state index contributed by atoms with van der Waals surface area (Å²) in [6.07, 6.45) is 0. The van der Waals surface area contributed by atoms with E-state index in [0.29, 0.717) is 0 Å². The van der Waals surface area contributed by atoms with Crippen molar-refractivity contribution in [1.82, 2.24) is 0 Å². The lowest BCUT2D eigenvalue weighted by atomic mass is 10.1. The van der Waals surface area contributed by atoms with Crippen LogP contribution in [-0.4, -0.2) is 22.3 Å². The van der Waals surface area contributed by atoms with Crippen LogP contribution in [0.4, 0.5) is 0 Å². The molecule has 0 saturated carbocycles. The van der Waals surface area contributed by atoms with E-state index in [4.69, 9.17) is 9.84 Å². The number of aliphatic carboxylic acids is 1. The van der Waals surface area contributed by atoms with Gasteiger partial charge in [0, 0.05) is 5.39 Å². The minimum absolute atomic E-state index is 0.0476. The fourth-order valence-corrected chi connectivity index (χ4v) is 2.25. The molecule has 1 unspecified atom stereocenters. The smallest absolute Gasteiger partial charge is 0.313 e. The highest BCUT2D eigenvalue weighted by Crippen LogP contribution is 2.27. The fourth-order valence-electron chi connectivity index (χ4n) is 1.70. The van der Waals surface area contributed by atoms with Crippen molar-refractivity contribution >= 4 is 28.5 Å². The van der Waals surface area contributed by atoms with E-state index >= 15 is 0 Å². The molecule has 0 aliphatic carbocycles. The Hall–Kier alpha value is -1.68. The lowest BCUT2D eigenvalue weighted by molar-refractivity contribution is -0.133. The third kappa shape index (κ3) is 3.17. The van der Waals surface area contributed by atoms with Crippen LogP contribution in [0.5, 0.6) is 5.75 Å². The third-order valence-corrected chi connectivity index (χ3v) is 3.46. The molecule has 0 heterocycles. The normalized spacial score (nSPS) is 12.3. The van der Waals surface area contributed by atoms with E-state index in [0.717, 1.165) is 16.5 Å². The summed E-state index contributed by atoms with van der Waals surface area (Å²) in [6.45, 7) is 1.86. The van der Waals surface area contributed by atoms with Crippen molar-refractivity contribution in [3.05, 3.63) is 42.5 Å². The number of rotatable bonds is 5. The number of benzene rings is 2. The second-order valence-electron chi connectivity index (χ2n) is 3.87. The molecule has 0 aliphatic heterocycles. The lowest BCUT2D eigenvalue weighted by Crippen LogP contribution is -2.11. The highest BCUT2D eigenvalue weighted by atomic mass is 32.2. The summed E-state index contributed by atoms with van der Waals surface area (Å²) in [5, 5.41) is 10.8. The SMILES string of the molecule is CC(Oc1cccc2ccccc12)SCC(=O)O. The number of fused-ring (bicyclic) bond motifs is 1. The zero-order valence-corrected chi connectivity index (χ0v) is 10.8. The van der Waals surface area contributed by atoms with Gasteiger partial charge >= 0.3 is 5.97 Å². The monoisotopic (exact) mass is 262 g/mol. The van der Waals surface area contributed by atoms with Gasteiger partial charge in [-0.2, -0.15) is 0 Å². The lowest BCUT2D eigenvalue weighted by Gasteiger charge is -2.15. The summed E-state index contributed by atoms with van der Waals surface area (Å²) in [5.74, 6) is 0.0122. The van der Waals surface area contributed by atoms with E-state index < -0.39 is 5.97 Å². The van der Waals surface area contributed by atoms with Gasteiger partial charge in [0.1, 0.15) is 11.2 Å². The zero-order valence-electron chi connectivity index (χ0n) is 10.00. The van der Waals surface area contributed by atoms with E-state index in [1.807, 2.05) is 49.4 Å². The Labute approximate surface area is 110 Å². The molecule has 0 aromatic heterocycles. The standard InChI is InChI=1S/C14H14O3S/c1-10(18-9-14(15)16)17-13-8-4-6-11-5-2-3-7-12(11)13/h2-8,10H,9H2,1H3,(H,15,16). The van der Waals surface area contributed by atoms with E-state index in [-0.39, 0.29) is 11.2 Å². The summed E-state index contributed by atoms with van der Waals surface area (Å²) in [5.41, 5.74) is -0.188. The molecule has 2 aromatic rings. The van der Waals surface area contributed by atoms with Gasteiger partial charge in [0.15, 0.2) is 0 Å². The molecule has 1 atom stereocenters. The maximum absolute atomic E-state index is 10.5. The molecule has 0 aliphatic rings. The molecule has 1 N–H and O–H groups in total. The van der Waals surface area contributed by atoms with Crippen LogP contribution in [0, 0.1) is 0 Å². The van der Waals surface area contributed by atoms with Gasteiger partial charge in [0.25, 0.3) is 0 Å². The Bertz CT molecular complexity index is 548. The molecular weight excluding hydrogens is 248 g/mol. The van der Waals surface area contributed by atoms with E-state index in [1.54, 1.807) is 0 Å². The molecule has 4 heteroatoms. The summed E-state index contributed by atoms with van der Waals surface area (Å²) in [4.78, 5) is 10.5. The van der Waals surface area contributed by atoms with Gasteiger partial charge in [0.05, 0.1) is 5.75 Å². The van der Waals surface area contributed by atoms with Crippen LogP contribution in [0.2, 0.25) is 0 Å². The van der Waals surface area contributed by atoms with Crippen LogP contribution in [0.1, 0.15) is 6.92 Å². The van der Waals surface area contributed by atoms with Crippen LogP contribution < -0.4 is 4.74 Å². The van der Waals surface area contributed by atoms with Gasteiger partial charge in [-0.1, -0.05) is 36.4 Å². The molecule has 0 spiro atoms. The first-order valence-corrected chi connectivity index (χ1v) is 6.69. The van der Waals surface area contributed by atoms with Gasteiger partial charge in [-0.25, -0.2) is 0 Å². The Kier molecular flexibility index (Phi) is 4.10. The number of hydrogen-bond donors (Lipinski definition) is 1. The molecule has 94 valence electrons. The molecule has 0 amide bonds. The largest absolute Gasteiger partial charge is 0.481 e. The molecular formula is C14H14O3S.